The van der Waals surface area contributed by atoms with Crippen molar-refractivity contribution in [3.8, 4) is 0 Å². The van der Waals surface area contributed by atoms with Crippen molar-refractivity contribution < 1.29 is 28.6 Å². The fourth-order valence-corrected chi connectivity index (χ4v) is 4.33. The van der Waals surface area contributed by atoms with Crippen LogP contribution in [0, 0.1) is 6.92 Å². The minimum absolute atomic E-state index is 0.0473. The highest BCUT2D eigenvalue weighted by atomic mass is 32.1. The number of amides is 1. The van der Waals surface area contributed by atoms with Gasteiger partial charge < -0.3 is 19.5 Å². The maximum atomic E-state index is 12.6. The van der Waals surface area contributed by atoms with E-state index in [1.54, 1.807) is 20.8 Å². The molecule has 0 aromatic carbocycles. The summed E-state index contributed by atoms with van der Waals surface area (Å²) >= 11 is 1.03. The first-order chi connectivity index (χ1) is 13.3. The SMILES string of the molecule is CCOC(=O)c1sc(NC(=O)CN2C[C@@H](C)O[C@@H](C)C2)c(C(=O)OCC)c1C. The molecule has 8 nitrogen and oxygen atoms in total. The van der Waals surface area contributed by atoms with E-state index in [9.17, 15) is 14.4 Å². The predicted molar refractivity (Wildman–Crippen MR) is 106 cm³/mol. The number of carbonyl (C=O) groups excluding carboxylic acids is 3. The quantitative estimate of drug-likeness (QED) is 0.688. The third kappa shape index (κ3) is 5.52. The fraction of sp³-hybridized carbons (Fsp3) is 0.632. The molecule has 2 atom stereocenters. The summed E-state index contributed by atoms with van der Waals surface area (Å²) in [4.78, 5) is 39.5. The molecule has 1 amide bonds. The van der Waals surface area contributed by atoms with Gasteiger partial charge in [0.2, 0.25) is 5.91 Å². The number of thiophene rings is 1. The zero-order valence-electron chi connectivity index (χ0n) is 17.0. The molecule has 0 saturated carbocycles. The topological polar surface area (TPSA) is 94.2 Å². The first kappa shape index (κ1) is 22.3. The van der Waals surface area contributed by atoms with E-state index in [0.29, 0.717) is 23.7 Å². The first-order valence-corrected chi connectivity index (χ1v) is 10.2. The van der Waals surface area contributed by atoms with E-state index in [2.05, 4.69) is 5.32 Å². The van der Waals surface area contributed by atoms with Gasteiger partial charge in [-0.15, -0.1) is 11.3 Å². The van der Waals surface area contributed by atoms with Gasteiger partial charge in [0, 0.05) is 13.1 Å². The highest BCUT2D eigenvalue weighted by Gasteiger charge is 2.28. The van der Waals surface area contributed by atoms with Gasteiger partial charge in [-0.2, -0.15) is 0 Å². The lowest BCUT2D eigenvalue weighted by atomic mass is 10.1. The zero-order chi connectivity index (χ0) is 20.8. The van der Waals surface area contributed by atoms with E-state index in [1.165, 1.54) is 0 Å². The summed E-state index contributed by atoms with van der Waals surface area (Å²) in [6, 6.07) is 0. The maximum Gasteiger partial charge on any atom is 0.348 e. The monoisotopic (exact) mass is 412 g/mol. The number of anilines is 1. The molecule has 28 heavy (non-hydrogen) atoms. The van der Waals surface area contributed by atoms with Gasteiger partial charge in [0.15, 0.2) is 0 Å². The van der Waals surface area contributed by atoms with Crippen LogP contribution in [-0.2, 0) is 19.0 Å². The summed E-state index contributed by atoms with van der Waals surface area (Å²) in [7, 11) is 0. The minimum atomic E-state index is -0.573. The Morgan fingerprint density at radius 3 is 2.25 bits per heavy atom. The van der Waals surface area contributed by atoms with E-state index in [-0.39, 0.29) is 48.3 Å². The van der Waals surface area contributed by atoms with Crippen LogP contribution in [0.1, 0.15) is 53.3 Å². The summed E-state index contributed by atoms with van der Waals surface area (Å²) < 4.78 is 15.8. The van der Waals surface area contributed by atoms with Crippen LogP contribution >= 0.6 is 11.3 Å². The fourth-order valence-electron chi connectivity index (χ4n) is 3.22. The lowest BCUT2D eigenvalue weighted by molar-refractivity contribution is -0.121. The van der Waals surface area contributed by atoms with Crippen molar-refractivity contribution in [2.24, 2.45) is 0 Å². The van der Waals surface area contributed by atoms with Crippen LogP contribution in [0.3, 0.4) is 0 Å². The van der Waals surface area contributed by atoms with Gasteiger partial charge in [0.1, 0.15) is 9.88 Å². The van der Waals surface area contributed by atoms with Crippen LogP contribution in [-0.4, -0.2) is 67.8 Å². The maximum absolute atomic E-state index is 12.6. The second-order valence-electron chi connectivity index (χ2n) is 6.70. The Labute approximate surface area is 169 Å². The average Bonchev–Trinajstić information content (AvgIpc) is 2.90. The van der Waals surface area contributed by atoms with Gasteiger partial charge in [0.25, 0.3) is 0 Å². The molecule has 1 saturated heterocycles. The molecule has 0 aliphatic carbocycles. The third-order valence-electron chi connectivity index (χ3n) is 4.20. The summed E-state index contributed by atoms with van der Waals surface area (Å²) in [5, 5.41) is 3.08. The highest BCUT2D eigenvalue weighted by Crippen LogP contribution is 2.34. The molecule has 1 aromatic heterocycles. The molecular formula is C19H28N2O6S. The molecule has 1 aliphatic heterocycles. The van der Waals surface area contributed by atoms with Gasteiger partial charge in [-0.3, -0.25) is 9.69 Å². The standard InChI is InChI=1S/C19H28N2O6S/c1-6-25-18(23)15-13(5)16(19(24)26-7-2)28-17(15)20-14(22)10-21-8-11(3)27-12(4)9-21/h11-12H,6-10H2,1-5H3,(H,20,22)/t11-,12+. The number of nitrogens with one attached hydrogen (secondary N) is 1. The Morgan fingerprint density at radius 2 is 1.68 bits per heavy atom. The summed E-state index contributed by atoms with van der Waals surface area (Å²) in [6.45, 7) is 10.9. The van der Waals surface area contributed by atoms with Crippen LogP contribution in [0.2, 0.25) is 0 Å². The van der Waals surface area contributed by atoms with Crippen LogP contribution in [0.15, 0.2) is 0 Å². The van der Waals surface area contributed by atoms with Gasteiger partial charge in [-0.05, 0) is 40.2 Å². The molecule has 1 N–H and O–H groups in total. The Bertz CT molecular complexity index is 722. The van der Waals surface area contributed by atoms with Crippen LogP contribution < -0.4 is 5.32 Å². The van der Waals surface area contributed by atoms with E-state index in [4.69, 9.17) is 14.2 Å². The molecule has 156 valence electrons. The first-order valence-electron chi connectivity index (χ1n) is 9.42. The lowest BCUT2D eigenvalue weighted by Gasteiger charge is -2.34. The number of hydrogen-bond donors (Lipinski definition) is 1. The van der Waals surface area contributed by atoms with E-state index in [1.807, 2.05) is 18.7 Å². The Kier molecular flexibility index (Phi) is 7.97. The highest BCUT2D eigenvalue weighted by molar-refractivity contribution is 7.18. The van der Waals surface area contributed by atoms with Crippen molar-refractivity contribution in [2.45, 2.75) is 46.8 Å². The number of morpholine rings is 1. The van der Waals surface area contributed by atoms with Crippen LogP contribution in [0.4, 0.5) is 5.00 Å². The second kappa shape index (κ2) is 9.99. The van der Waals surface area contributed by atoms with Crippen molar-refractivity contribution in [1.29, 1.82) is 0 Å². The summed E-state index contributed by atoms with van der Waals surface area (Å²) in [5.41, 5.74) is 0.651. The number of rotatable bonds is 7. The Balaban J connectivity index is 2.20. The summed E-state index contributed by atoms with van der Waals surface area (Å²) in [5.74, 6) is -1.36. The lowest BCUT2D eigenvalue weighted by Crippen LogP contribution is -2.48. The predicted octanol–water partition coefficient (Wildman–Crippen LogP) is 2.46. The van der Waals surface area contributed by atoms with Gasteiger partial charge in [-0.25, -0.2) is 9.59 Å². The Morgan fingerprint density at radius 1 is 1.11 bits per heavy atom. The molecule has 0 spiro atoms. The minimum Gasteiger partial charge on any atom is -0.462 e. The molecule has 1 aliphatic rings. The van der Waals surface area contributed by atoms with Crippen molar-refractivity contribution >= 4 is 34.2 Å². The molecule has 2 rings (SSSR count). The smallest absolute Gasteiger partial charge is 0.348 e. The van der Waals surface area contributed by atoms with E-state index >= 15 is 0 Å². The molecule has 0 unspecified atom stereocenters. The van der Waals surface area contributed by atoms with Crippen LogP contribution in [0.5, 0.6) is 0 Å². The van der Waals surface area contributed by atoms with Gasteiger partial charge in [0.05, 0.1) is 37.5 Å². The Hall–Kier alpha value is -1.97. The summed E-state index contributed by atoms with van der Waals surface area (Å²) in [6.07, 6.45) is 0.0945. The number of nitrogens with zero attached hydrogens (tertiary/aromatic N) is 1. The third-order valence-corrected chi connectivity index (χ3v) is 5.39. The zero-order valence-corrected chi connectivity index (χ0v) is 17.8. The van der Waals surface area contributed by atoms with Crippen molar-refractivity contribution in [3.63, 3.8) is 0 Å². The second-order valence-corrected chi connectivity index (χ2v) is 7.72. The normalized spacial score (nSPS) is 19.9. The number of ether oxygens (including phenoxy) is 3. The van der Waals surface area contributed by atoms with Gasteiger partial charge in [-0.1, -0.05) is 0 Å². The largest absolute Gasteiger partial charge is 0.462 e. The molecule has 0 bridgehead atoms. The molecule has 0 radical (unpaired) electrons. The molecule has 1 fully saturated rings. The van der Waals surface area contributed by atoms with Crippen molar-refractivity contribution in [1.82, 2.24) is 4.90 Å². The van der Waals surface area contributed by atoms with Gasteiger partial charge >= 0.3 is 11.9 Å². The molecule has 9 heteroatoms. The molecular weight excluding hydrogens is 384 g/mol. The van der Waals surface area contributed by atoms with E-state index in [0.717, 1.165) is 11.3 Å². The number of esters is 2. The number of hydrogen-bond acceptors (Lipinski definition) is 8. The van der Waals surface area contributed by atoms with Crippen LogP contribution in [0.25, 0.3) is 0 Å². The average molecular weight is 413 g/mol. The van der Waals surface area contributed by atoms with Crippen molar-refractivity contribution in [2.75, 3.05) is 38.2 Å². The van der Waals surface area contributed by atoms with E-state index < -0.39 is 11.9 Å². The van der Waals surface area contributed by atoms with Crippen molar-refractivity contribution in [3.05, 3.63) is 16.0 Å². The number of carbonyl (C=O) groups is 3. The molecule has 2 heterocycles. The molecule has 1 aromatic rings.